The van der Waals surface area contributed by atoms with Crippen molar-refractivity contribution < 1.29 is 4.74 Å². The van der Waals surface area contributed by atoms with Crippen molar-refractivity contribution in [1.82, 2.24) is 10.3 Å². The van der Waals surface area contributed by atoms with Gasteiger partial charge in [0.2, 0.25) is 0 Å². The highest BCUT2D eigenvalue weighted by atomic mass is 32.1. The van der Waals surface area contributed by atoms with E-state index in [9.17, 15) is 0 Å². The van der Waals surface area contributed by atoms with Gasteiger partial charge in [0.1, 0.15) is 0 Å². The smallest absolute Gasteiger partial charge is 0.0934 e. The minimum atomic E-state index is 0.171. The van der Waals surface area contributed by atoms with Gasteiger partial charge >= 0.3 is 0 Å². The van der Waals surface area contributed by atoms with Crippen LogP contribution in [-0.4, -0.2) is 30.3 Å². The Balaban J connectivity index is 2.05. The molecule has 4 heteroatoms. The summed E-state index contributed by atoms with van der Waals surface area (Å²) < 4.78 is 5.55. The zero-order valence-electron chi connectivity index (χ0n) is 12.6. The Kier molecular flexibility index (Phi) is 4.64. The molecule has 0 bridgehead atoms. The van der Waals surface area contributed by atoms with E-state index in [2.05, 4.69) is 43.4 Å². The van der Waals surface area contributed by atoms with Crippen molar-refractivity contribution in [2.24, 2.45) is 5.41 Å². The number of nitrogens with zero attached hydrogens (tertiary/aromatic N) is 1. The van der Waals surface area contributed by atoms with Crippen molar-refractivity contribution in [3.05, 3.63) is 16.1 Å². The summed E-state index contributed by atoms with van der Waals surface area (Å²) in [6.07, 6.45) is 3.35. The second-order valence-corrected chi connectivity index (χ2v) is 7.72. The molecule has 0 spiro atoms. The van der Waals surface area contributed by atoms with Crippen LogP contribution in [0.1, 0.15) is 44.3 Å². The molecule has 0 radical (unpaired) electrons. The maximum Gasteiger partial charge on any atom is 0.0934 e. The van der Waals surface area contributed by atoms with Gasteiger partial charge in [-0.2, -0.15) is 0 Å². The van der Waals surface area contributed by atoms with E-state index in [1.807, 2.05) is 0 Å². The molecule has 1 aliphatic rings. The van der Waals surface area contributed by atoms with Gasteiger partial charge in [0, 0.05) is 42.8 Å². The fraction of sp³-hybridized carbons (Fsp3) is 0.800. The first-order valence-electron chi connectivity index (χ1n) is 7.12. The molecule has 1 saturated heterocycles. The molecule has 2 heterocycles. The summed E-state index contributed by atoms with van der Waals surface area (Å²) in [6, 6.07) is 0. The minimum absolute atomic E-state index is 0.171. The first-order valence-corrected chi connectivity index (χ1v) is 8.00. The van der Waals surface area contributed by atoms with Crippen LogP contribution >= 0.6 is 11.3 Å². The molecule has 19 heavy (non-hydrogen) atoms. The number of hydrogen-bond donors (Lipinski definition) is 1. The fourth-order valence-corrected chi connectivity index (χ4v) is 3.42. The predicted octanol–water partition coefficient (Wildman–Crippen LogP) is 3.18. The largest absolute Gasteiger partial charge is 0.381 e. The molecule has 1 fully saturated rings. The Labute approximate surface area is 120 Å². The molecule has 1 aromatic rings. The monoisotopic (exact) mass is 282 g/mol. The number of nitrogens with one attached hydrogen (secondary N) is 1. The molecule has 0 atom stereocenters. The average Bonchev–Trinajstić information content (AvgIpc) is 2.73. The van der Waals surface area contributed by atoms with E-state index in [0.717, 1.165) is 44.7 Å². The van der Waals surface area contributed by atoms with Crippen molar-refractivity contribution in [2.45, 2.75) is 52.5 Å². The second-order valence-electron chi connectivity index (χ2n) is 6.78. The SMILES string of the molecule is Cc1csc(CC2(CNC(C)(C)C)CCOCC2)n1. The number of thiazole rings is 1. The van der Waals surface area contributed by atoms with Gasteiger partial charge in [-0.05, 0) is 46.0 Å². The Morgan fingerprint density at radius 3 is 2.58 bits per heavy atom. The van der Waals surface area contributed by atoms with E-state index < -0.39 is 0 Å². The van der Waals surface area contributed by atoms with E-state index in [0.29, 0.717) is 5.41 Å². The maximum atomic E-state index is 5.55. The van der Waals surface area contributed by atoms with Crippen LogP contribution in [0.3, 0.4) is 0 Å². The van der Waals surface area contributed by atoms with Crippen molar-refractivity contribution in [1.29, 1.82) is 0 Å². The van der Waals surface area contributed by atoms with Crippen LogP contribution in [-0.2, 0) is 11.2 Å². The number of ether oxygens (including phenoxy) is 1. The second kappa shape index (κ2) is 5.90. The Hall–Kier alpha value is -0.450. The van der Waals surface area contributed by atoms with Crippen molar-refractivity contribution in [3.8, 4) is 0 Å². The van der Waals surface area contributed by atoms with Gasteiger partial charge in [-0.15, -0.1) is 11.3 Å². The molecule has 108 valence electrons. The molecule has 1 aliphatic heterocycles. The van der Waals surface area contributed by atoms with Gasteiger partial charge in [0.05, 0.1) is 5.01 Å². The van der Waals surface area contributed by atoms with Gasteiger partial charge in [-0.3, -0.25) is 0 Å². The van der Waals surface area contributed by atoms with Gasteiger partial charge in [-0.25, -0.2) is 4.98 Å². The lowest BCUT2D eigenvalue weighted by Gasteiger charge is -2.39. The van der Waals surface area contributed by atoms with Gasteiger partial charge in [0.15, 0.2) is 0 Å². The summed E-state index contributed by atoms with van der Waals surface area (Å²) in [6.45, 7) is 11.6. The molecule has 3 nitrogen and oxygen atoms in total. The molecule has 1 N–H and O–H groups in total. The van der Waals surface area contributed by atoms with Gasteiger partial charge in [-0.1, -0.05) is 0 Å². The number of aryl methyl sites for hydroxylation is 1. The molecular formula is C15H26N2OS. The van der Waals surface area contributed by atoms with Crippen LogP contribution in [0.15, 0.2) is 5.38 Å². The minimum Gasteiger partial charge on any atom is -0.381 e. The van der Waals surface area contributed by atoms with E-state index in [-0.39, 0.29) is 5.54 Å². The zero-order chi connectivity index (χ0) is 13.9. The quantitative estimate of drug-likeness (QED) is 0.921. The van der Waals surface area contributed by atoms with Gasteiger partial charge in [0.25, 0.3) is 0 Å². The number of hydrogen-bond acceptors (Lipinski definition) is 4. The van der Waals surface area contributed by atoms with Crippen LogP contribution in [0, 0.1) is 12.3 Å². The average molecular weight is 282 g/mol. The molecular weight excluding hydrogens is 256 g/mol. The standard InChI is InChI=1S/C15H26N2OS/c1-12-10-19-13(17-12)9-15(5-7-18-8-6-15)11-16-14(2,3)4/h10,16H,5-9,11H2,1-4H3. The summed E-state index contributed by atoms with van der Waals surface area (Å²) in [7, 11) is 0. The Morgan fingerprint density at radius 2 is 2.05 bits per heavy atom. The molecule has 2 rings (SSSR count). The lowest BCUT2D eigenvalue weighted by atomic mass is 9.77. The van der Waals surface area contributed by atoms with Crippen LogP contribution < -0.4 is 5.32 Å². The number of aromatic nitrogens is 1. The van der Waals surface area contributed by atoms with Crippen molar-refractivity contribution in [3.63, 3.8) is 0 Å². The van der Waals surface area contributed by atoms with E-state index in [1.165, 1.54) is 5.01 Å². The zero-order valence-corrected chi connectivity index (χ0v) is 13.4. The third-order valence-corrected chi connectivity index (χ3v) is 4.71. The van der Waals surface area contributed by atoms with E-state index in [4.69, 9.17) is 4.74 Å². The predicted molar refractivity (Wildman–Crippen MR) is 80.8 cm³/mol. The van der Waals surface area contributed by atoms with Crippen LogP contribution in [0.2, 0.25) is 0 Å². The Morgan fingerprint density at radius 1 is 1.37 bits per heavy atom. The molecule has 0 unspecified atom stereocenters. The highest BCUT2D eigenvalue weighted by Crippen LogP contribution is 2.35. The molecule has 0 aromatic carbocycles. The van der Waals surface area contributed by atoms with Crippen LogP contribution in [0.25, 0.3) is 0 Å². The summed E-state index contributed by atoms with van der Waals surface area (Å²) >= 11 is 1.80. The maximum absolute atomic E-state index is 5.55. The third kappa shape index (κ3) is 4.55. The third-order valence-electron chi connectivity index (χ3n) is 3.74. The first kappa shape index (κ1) is 14.9. The highest BCUT2D eigenvalue weighted by Gasteiger charge is 2.34. The summed E-state index contributed by atoms with van der Waals surface area (Å²) in [5.41, 5.74) is 1.63. The van der Waals surface area contributed by atoms with Crippen molar-refractivity contribution in [2.75, 3.05) is 19.8 Å². The van der Waals surface area contributed by atoms with Crippen LogP contribution in [0.5, 0.6) is 0 Å². The van der Waals surface area contributed by atoms with E-state index >= 15 is 0 Å². The summed E-state index contributed by atoms with van der Waals surface area (Å²) in [5, 5.41) is 7.11. The van der Waals surface area contributed by atoms with E-state index in [1.54, 1.807) is 11.3 Å². The topological polar surface area (TPSA) is 34.1 Å². The lowest BCUT2D eigenvalue weighted by molar-refractivity contribution is 0.0121. The summed E-state index contributed by atoms with van der Waals surface area (Å²) in [4.78, 5) is 4.64. The normalized spacial score (nSPS) is 19.6. The molecule has 0 amide bonds. The molecule has 1 aromatic heterocycles. The fourth-order valence-electron chi connectivity index (χ4n) is 2.48. The highest BCUT2D eigenvalue weighted by molar-refractivity contribution is 7.09. The first-order chi connectivity index (χ1) is 8.89. The molecule has 0 saturated carbocycles. The number of rotatable bonds is 4. The van der Waals surface area contributed by atoms with Gasteiger partial charge < -0.3 is 10.1 Å². The van der Waals surface area contributed by atoms with Crippen molar-refractivity contribution >= 4 is 11.3 Å². The summed E-state index contributed by atoms with van der Waals surface area (Å²) in [5.74, 6) is 0. The molecule has 0 aliphatic carbocycles. The lowest BCUT2D eigenvalue weighted by Crippen LogP contribution is -2.47. The Bertz CT molecular complexity index is 403. The van der Waals surface area contributed by atoms with Crippen LogP contribution in [0.4, 0.5) is 0 Å².